The van der Waals surface area contributed by atoms with Gasteiger partial charge < -0.3 is 10.1 Å². The van der Waals surface area contributed by atoms with Crippen molar-refractivity contribution in [2.75, 3.05) is 0 Å². The molecular weight excluding hydrogens is 276 g/mol. The second-order valence-corrected chi connectivity index (χ2v) is 8.26. The fourth-order valence-electron chi connectivity index (χ4n) is 3.40. The molecule has 1 N–H and O–H groups in total. The van der Waals surface area contributed by atoms with Crippen molar-refractivity contribution in [2.24, 2.45) is 4.40 Å². The van der Waals surface area contributed by atoms with E-state index < -0.39 is 14.8 Å². The first kappa shape index (κ1) is 14.2. The summed E-state index contributed by atoms with van der Waals surface area (Å²) in [4.78, 5) is 0. The Balaban J connectivity index is 1.76. The summed E-state index contributed by atoms with van der Waals surface area (Å²) < 4.78 is 33.9. The predicted octanol–water partition coefficient (Wildman–Crippen LogP) is 2.33. The van der Waals surface area contributed by atoms with Gasteiger partial charge in [0.05, 0.1) is 0 Å². The summed E-state index contributed by atoms with van der Waals surface area (Å²) in [7, 11) is -3.42. The maximum Gasteiger partial charge on any atom is 0.301 e. The highest BCUT2D eigenvalue weighted by Crippen LogP contribution is 2.51. The first-order valence-electron chi connectivity index (χ1n) is 7.85. The molecule has 0 saturated heterocycles. The second-order valence-electron chi connectivity index (χ2n) is 6.31. The van der Waals surface area contributed by atoms with Gasteiger partial charge in [0.15, 0.2) is 0 Å². The van der Waals surface area contributed by atoms with E-state index in [4.69, 9.17) is 4.74 Å². The third kappa shape index (κ3) is 2.43. The minimum Gasteiger partial charge on any atom is -0.459 e. The SMILES string of the molecule is CCCC1OC(NC2CCCCC2)=NS(=O)(=O)C12CC2. The minimum absolute atomic E-state index is 0.221. The lowest BCUT2D eigenvalue weighted by Crippen LogP contribution is -2.49. The van der Waals surface area contributed by atoms with Gasteiger partial charge in [0.2, 0.25) is 0 Å². The van der Waals surface area contributed by atoms with E-state index in [9.17, 15) is 8.42 Å². The van der Waals surface area contributed by atoms with Crippen molar-refractivity contribution >= 4 is 16.0 Å². The Labute approximate surface area is 121 Å². The van der Waals surface area contributed by atoms with Crippen molar-refractivity contribution in [1.82, 2.24) is 5.32 Å². The van der Waals surface area contributed by atoms with E-state index in [-0.39, 0.29) is 12.1 Å². The molecule has 2 aliphatic carbocycles. The van der Waals surface area contributed by atoms with E-state index in [1.165, 1.54) is 19.3 Å². The van der Waals surface area contributed by atoms with Crippen molar-refractivity contribution < 1.29 is 13.2 Å². The summed E-state index contributed by atoms with van der Waals surface area (Å²) in [6.45, 7) is 2.06. The molecule has 20 heavy (non-hydrogen) atoms. The van der Waals surface area contributed by atoms with Gasteiger partial charge in [-0.1, -0.05) is 32.6 Å². The molecule has 0 aromatic heterocycles. The van der Waals surface area contributed by atoms with Gasteiger partial charge in [-0.05, 0) is 32.1 Å². The van der Waals surface area contributed by atoms with E-state index in [1.807, 2.05) is 0 Å². The lowest BCUT2D eigenvalue weighted by molar-refractivity contribution is 0.145. The summed E-state index contributed by atoms with van der Waals surface area (Å²) in [5.74, 6) is 0. The quantitative estimate of drug-likeness (QED) is 0.868. The molecule has 2 fully saturated rings. The van der Waals surface area contributed by atoms with Crippen LogP contribution in [0.25, 0.3) is 0 Å². The third-order valence-corrected chi connectivity index (χ3v) is 6.89. The topological polar surface area (TPSA) is 67.8 Å². The zero-order valence-corrected chi connectivity index (χ0v) is 12.9. The fraction of sp³-hybridized carbons (Fsp3) is 0.929. The molecule has 2 saturated carbocycles. The third-order valence-electron chi connectivity index (χ3n) is 4.78. The van der Waals surface area contributed by atoms with Crippen molar-refractivity contribution in [3.05, 3.63) is 0 Å². The second kappa shape index (κ2) is 5.20. The average molecular weight is 300 g/mol. The Morgan fingerprint density at radius 3 is 2.60 bits per heavy atom. The Kier molecular flexibility index (Phi) is 3.69. The highest BCUT2D eigenvalue weighted by atomic mass is 32.2. The van der Waals surface area contributed by atoms with E-state index in [1.54, 1.807) is 0 Å². The van der Waals surface area contributed by atoms with Crippen LogP contribution in [0.1, 0.15) is 64.7 Å². The normalized spacial score (nSPS) is 31.4. The molecular formula is C14H24N2O3S. The van der Waals surface area contributed by atoms with Crippen LogP contribution in [0.3, 0.4) is 0 Å². The smallest absolute Gasteiger partial charge is 0.301 e. The number of hydrogen-bond acceptors (Lipinski definition) is 4. The standard InChI is InChI=1S/C14H24N2O3S/c1-2-6-12-14(9-10-14)20(17,18)16-13(19-12)15-11-7-4-3-5-8-11/h11-12H,2-10H2,1H3,(H,15,16). The molecule has 1 aliphatic heterocycles. The maximum atomic E-state index is 12.4. The van der Waals surface area contributed by atoms with Gasteiger partial charge in [0, 0.05) is 6.04 Å². The molecule has 1 heterocycles. The molecule has 0 aromatic carbocycles. The molecule has 114 valence electrons. The van der Waals surface area contributed by atoms with Crippen LogP contribution in [0.5, 0.6) is 0 Å². The molecule has 0 aromatic rings. The number of sulfonamides is 1. The van der Waals surface area contributed by atoms with Gasteiger partial charge in [-0.15, -0.1) is 4.40 Å². The van der Waals surface area contributed by atoms with Crippen LogP contribution < -0.4 is 5.32 Å². The van der Waals surface area contributed by atoms with Crippen molar-refractivity contribution in [1.29, 1.82) is 0 Å². The Morgan fingerprint density at radius 1 is 1.30 bits per heavy atom. The maximum absolute atomic E-state index is 12.4. The molecule has 1 unspecified atom stereocenters. The summed E-state index contributed by atoms with van der Waals surface area (Å²) in [5.41, 5.74) is 0. The number of rotatable bonds is 3. The monoisotopic (exact) mass is 300 g/mol. The predicted molar refractivity (Wildman–Crippen MR) is 78.1 cm³/mol. The van der Waals surface area contributed by atoms with E-state index in [0.717, 1.165) is 25.7 Å². The van der Waals surface area contributed by atoms with Gasteiger partial charge in [-0.3, -0.25) is 0 Å². The van der Waals surface area contributed by atoms with Gasteiger partial charge in [-0.25, -0.2) is 8.42 Å². The van der Waals surface area contributed by atoms with Crippen LogP contribution in [0.4, 0.5) is 0 Å². The summed E-state index contributed by atoms with van der Waals surface area (Å²) in [5, 5.41) is 3.22. The largest absolute Gasteiger partial charge is 0.459 e. The minimum atomic E-state index is -3.42. The lowest BCUT2D eigenvalue weighted by Gasteiger charge is -2.33. The zero-order chi connectivity index (χ0) is 14.2. The number of ether oxygens (including phenoxy) is 1. The van der Waals surface area contributed by atoms with E-state index in [0.29, 0.717) is 18.9 Å². The van der Waals surface area contributed by atoms with Crippen LogP contribution in [0.15, 0.2) is 4.40 Å². The van der Waals surface area contributed by atoms with Gasteiger partial charge >= 0.3 is 6.02 Å². The van der Waals surface area contributed by atoms with Crippen molar-refractivity contribution in [3.63, 3.8) is 0 Å². The lowest BCUT2D eigenvalue weighted by atomic mass is 9.96. The van der Waals surface area contributed by atoms with Gasteiger partial charge in [0.25, 0.3) is 10.0 Å². The van der Waals surface area contributed by atoms with Gasteiger partial charge in [0.1, 0.15) is 10.9 Å². The highest BCUT2D eigenvalue weighted by Gasteiger charge is 2.63. The molecule has 1 spiro atoms. The molecule has 5 nitrogen and oxygen atoms in total. The molecule has 0 amide bonds. The highest BCUT2D eigenvalue weighted by molar-refractivity contribution is 7.92. The first-order valence-corrected chi connectivity index (χ1v) is 9.29. The van der Waals surface area contributed by atoms with Crippen LogP contribution in [0.2, 0.25) is 0 Å². The van der Waals surface area contributed by atoms with E-state index in [2.05, 4.69) is 16.6 Å². The molecule has 6 heteroatoms. The Hall–Kier alpha value is -0.780. The van der Waals surface area contributed by atoms with Crippen LogP contribution in [-0.4, -0.2) is 31.3 Å². The summed E-state index contributed by atoms with van der Waals surface area (Å²) in [6.07, 6.45) is 8.69. The van der Waals surface area contributed by atoms with Crippen molar-refractivity contribution in [3.8, 4) is 0 Å². The first-order chi connectivity index (χ1) is 9.57. The van der Waals surface area contributed by atoms with E-state index >= 15 is 0 Å². The summed E-state index contributed by atoms with van der Waals surface area (Å²) in [6, 6.07) is 0.557. The molecule has 3 rings (SSSR count). The number of nitrogens with one attached hydrogen (secondary N) is 1. The molecule has 0 radical (unpaired) electrons. The summed E-state index contributed by atoms with van der Waals surface area (Å²) >= 11 is 0. The van der Waals surface area contributed by atoms with Crippen LogP contribution in [-0.2, 0) is 14.8 Å². The van der Waals surface area contributed by atoms with Crippen molar-refractivity contribution in [2.45, 2.75) is 81.6 Å². The molecule has 0 bridgehead atoms. The zero-order valence-electron chi connectivity index (χ0n) is 12.1. The molecule has 3 aliphatic rings. The Morgan fingerprint density at radius 2 is 2.00 bits per heavy atom. The number of hydrogen-bond donors (Lipinski definition) is 1. The molecule has 1 atom stereocenters. The number of nitrogens with zero attached hydrogens (tertiary/aromatic N) is 1. The average Bonchev–Trinajstić information content (AvgIpc) is 3.19. The van der Waals surface area contributed by atoms with Crippen LogP contribution in [0, 0.1) is 0 Å². The fourth-order valence-corrected chi connectivity index (χ4v) is 5.01. The Bertz CT molecular complexity index is 491. The van der Waals surface area contributed by atoms with Crippen LogP contribution >= 0.6 is 0 Å². The van der Waals surface area contributed by atoms with Gasteiger partial charge in [-0.2, -0.15) is 0 Å². The number of amidine groups is 1.